The fourth-order valence-electron chi connectivity index (χ4n) is 1.89. The van der Waals surface area contributed by atoms with Crippen LogP contribution in [0.25, 0.3) is 0 Å². The normalized spacial score (nSPS) is 13.7. The number of alkyl halides is 3. The summed E-state index contributed by atoms with van der Waals surface area (Å²) in [6.07, 6.45) is -3.86. The second-order valence-corrected chi connectivity index (χ2v) is 5.26. The maximum atomic E-state index is 12.4. The molecule has 0 unspecified atom stereocenters. The molecule has 1 aromatic heterocycles. The van der Waals surface area contributed by atoms with E-state index < -0.39 is 17.1 Å². The van der Waals surface area contributed by atoms with Gasteiger partial charge >= 0.3 is 6.18 Å². The van der Waals surface area contributed by atoms with Gasteiger partial charge in [-0.3, -0.25) is 10.1 Å². The first-order valence-electron chi connectivity index (χ1n) is 5.91. The summed E-state index contributed by atoms with van der Waals surface area (Å²) in [6.45, 7) is 0.561. The molecule has 9 heteroatoms. The van der Waals surface area contributed by atoms with Crippen LogP contribution in [0, 0.1) is 0 Å². The predicted octanol–water partition coefficient (Wildman–Crippen LogP) is 2.74. The molecule has 3 rings (SSSR count). The average molecular weight is 315 g/mol. The van der Waals surface area contributed by atoms with Crippen LogP contribution in [0.4, 0.5) is 18.3 Å². The van der Waals surface area contributed by atoms with Crippen LogP contribution >= 0.6 is 11.3 Å². The van der Waals surface area contributed by atoms with Crippen LogP contribution in [0.5, 0.6) is 5.75 Å². The van der Waals surface area contributed by atoms with Gasteiger partial charge in [-0.15, -0.1) is 10.2 Å². The first kappa shape index (κ1) is 13.8. The molecule has 0 atom stereocenters. The van der Waals surface area contributed by atoms with Gasteiger partial charge in [-0.1, -0.05) is 11.3 Å². The number of hydrogen-bond donors (Lipinski definition) is 1. The number of aromatic nitrogens is 2. The highest BCUT2D eigenvalue weighted by Gasteiger charge is 2.35. The van der Waals surface area contributed by atoms with Crippen molar-refractivity contribution in [3.05, 3.63) is 34.3 Å². The maximum absolute atomic E-state index is 12.4. The molecule has 1 aliphatic heterocycles. The van der Waals surface area contributed by atoms with Crippen molar-refractivity contribution in [2.45, 2.75) is 12.6 Å². The molecule has 2 heterocycles. The molecule has 0 saturated carbocycles. The van der Waals surface area contributed by atoms with Crippen molar-refractivity contribution in [1.82, 2.24) is 10.2 Å². The number of ether oxygens (including phenoxy) is 1. The van der Waals surface area contributed by atoms with Crippen molar-refractivity contribution in [2.75, 3.05) is 11.9 Å². The molecule has 2 aromatic rings. The first-order valence-corrected chi connectivity index (χ1v) is 6.73. The second-order valence-electron chi connectivity index (χ2n) is 4.29. The lowest BCUT2D eigenvalue weighted by molar-refractivity contribution is -0.138. The van der Waals surface area contributed by atoms with E-state index in [4.69, 9.17) is 4.74 Å². The third kappa shape index (κ3) is 2.82. The molecule has 5 nitrogen and oxygen atoms in total. The lowest BCUT2D eigenvalue weighted by Crippen LogP contribution is -2.11. The van der Waals surface area contributed by atoms with Crippen LogP contribution in [0.15, 0.2) is 18.2 Å². The highest BCUT2D eigenvalue weighted by atomic mass is 32.1. The van der Waals surface area contributed by atoms with E-state index in [1.54, 1.807) is 18.2 Å². The number of benzene rings is 1. The number of nitrogens with one attached hydrogen (secondary N) is 1. The number of fused-ring (bicyclic) bond motifs is 1. The standard InChI is InChI=1S/C12H8F3N3O2S/c13-12(14,15)10-17-18-11(21-10)16-9(19)7-1-2-8-6(5-7)3-4-20-8/h1-2,5H,3-4H2,(H,16,18,19). The summed E-state index contributed by atoms with van der Waals surface area (Å²) in [6, 6.07) is 4.87. The smallest absolute Gasteiger partial charge is 0.445 e. The van der Waals surface area contributed by atoms with Crippen LogP contribution in [-0.2, 0) is 12.6 Å². The summed E-state index contributed by atoms with van der Waals surface area (Å²) in [5.74, 6) is 0.191. The van der Waals surface area contributed by atoms with E-state index in [9.17, 15) is 18.0 Å². The van der Waals surface area contributed by atoms with Gasteiger partial charge in [0.05, 0.1) is 6.61 Å². The van der Waals surface area contributed by atoms with Gasteiger partial charge in [-0.25, -0.2) is 0 Å². The Morgan fingerprint density at radius 2 is 2.14 bits per heavy atom. The Balaban J connectivity index is 1.76. The van der Waals surface area contributed by atoms with Gasteiger partial charge < -0.3 is 4.74 Å². The summed E-state index contributed by atoms with van der Waals surface area (Å²) < 4.78 is 42.5. The number of rotatable bonds is 2. The van der Waals surface area contributed by atoms with Crippen molar-refractivity contribution < 1.29 is 22.7 Å². The molecule has 1 amide bonds. The predicted molar refractivity (Wildman–Crippen MR) is 68.5 cm³/mol. The summed E-state index contributed by atoms with van der Waals surface area (Å²) in [4.78, 5) is 12.0. The van der Waals surface area contributed by atoms with Crippen LogP contribution in [0.1, 0.15) is 20.9 Å². The van der Waals surface area contributed by atoms with Gasteiger partial charge in [-0.2, -0.15) is 13.2 Å². The molecule has 1 aromatic carbocycles. The van der Waals surface area contributed by atoms with Gasteiger partial charge in [0.15, 0.2) is 0 Å². The quantitative estimate of drug-likeness (QED) is 0.925. The Bertz CT molecular complexity index is 699. The Morgan fingerprint density at radius 3 is 2.86 bits per heavy atom. The topological polar surface area (TPSA) is 64.1 Å². The Labute approximate surface area is 120 Å². The van der Waals surface area contributed by atoms with Gasteiger partial charge in [0.2, 0.25) is 10.1 Å². The summed E-state index contributed by atoms with van der Waals surface area (Å²) >= 11 is 0.284. The molecule has 0 bridgehead atoms. The number of nitrogens with zero attached hydrogens (tertiary/aromatic N) is 2. The molecule has 0 fully saturated rings. The average Bonchev–Trinajstić information content (AvgIpc) is 3.04. The molecule has 0 aliphatic carbocycles. The monoisotopic (exact) mass is 315 g/mol. The third-order valence-corrected chi connectivity index (χ3v) is 3.72. The summed E-state index contributed by atoms with van der Waals surface area (Å²) in [5.41, 5.74) is 1.24. The lowest BCUT2D eigenvalue weighted by atomic mass is 10.1. The molecule has 21 heavy (non-hydrogen) atoms. The number of hydrogen-bond acceptors (Lipinski definition) is 5. The molecular weight excluding hydrogens is 307 g/mol. The van der Waals surface area contributed by atoms with E-state index in [0.29, 0.717) is 18.6 Å². The minimum atomic E-state index is -4.56. The highest BCUT2D eigenvalue weighted by molar-refractivity contribution is 7.15. The molecule has 0 radical (unpaired) electrons. The van der Waals surface area contributed by atoms with Crippen LogP contribution in [-0.4, -0.2) is 22.7 Å². The van der Waals surface area contributed by atoms with E-state index in [2.05, 4.69) is 15.5 Å². The van der Waals surface area contributed by atoms with Gasteiger partial charge in [-0.05, 0) is 23.8 Å². The van der Waals surface area contributed by atoms with E-state index in [0.717, 1.165) is 11.3 Å². The number of amides is 1. The Morgan fingerprint density at radius 1 is 1.33 bits per heavy atom. The van der Waals surface area contributed by atoms with Crippen LogP contribution in [0.3, 0.4) is 0 Å². The van der Waals surface area contributed by atoms with Crippen molar-refractivity contribution in [3.8, 4) is 5.75 Å². The van der Waals surface area contributed by atoms with Crippen molar-refractivity contribution >= 4 is 22.4 Å². The summed E-state index contributed by atoms with van der Waals surface area (Å²) in [7, 11) is 0. The van der Waals surface area contributed by atoms with E-state index in [1.807, 2.05) is 0 Å². The fraction of sp³-hybridized carbons (Fsp3) is 0.250. The number of carbonyl (C=O) groups is 1. The van der Waals surface area contributed by atoms with Gasteiger partial charge in [0.25, 0.3) is 5.91 Å². The second kappa shape index (κ2) is 4.99. The number of halogens is 3. The van der Waals surface area contributed by atoms with Crippen molar-refractivity contribution in [3.63, 3.8) is 0 Å². The Kier molecular flexibility index (Phi) is 3.28. The van der Waals surface area contributed by atoms with Crippen molar-refractivity contribution in [2.24, 2.45) is 0 Å². The van der Waals surface area contributed by atoms with E-state index in [1.165, 1.54) is 0 Å². The van der Waals surface area contributed by atoms with Crippen LogP contribution < -0.4 is 10.1 Å². The Hall–Kier alpha value is -2.16. The molecule has 1 N–H and O–H groups in total. The van der Waals surface area contributed by atoms with Crippen molar-refractivity contribution in [1.29, 1.82) is 0 Å². The fourth-order valence-corrected chi connectivity index (χ4v) is 2.49. The minimum Gasteiger partial charge on any atom is -0.493 e. The van der Waals surface area contributed by atoms with Gasteiger partial charge in [0, 0.05) is 12.0 Å². The summed E-state index contributed by atoms with van der Waals surface area (Å²) in [5, 5.41) is 7.33. The zero-order valence-corrected chi connectivity index (χ0v) is 11.2. The minimum absolute atomic E-state index is 0.191. The van der Waals surface area contributed by atoms with Gasteiger partial charge in [0.1, 0.15) is 5.75 Å². The number of carbonyl (C=O) groups excluding carboxylic acids is 1. The van der Waals surface area contributed by atoms with E-state index in [-0.39, 0.29) is 16.5 Å². The largest absolute Gasteiger partial charge is 0.493 e. The zero-order valence-electron chi connectivity index (χ0n) is 10.4. The molecule has 0 spiro atoms. The SMILES string of the molecule is O=C(Nc1nnc(C(F)(F)F)s1)c1ccc2c(c1)CCO2. The lowest BCUT2D eigenvalue weighted by Gasteiger charge is -2.03. The molecule has 110 valence electrons. The third-order valence-electron chi connectivity index (χ3n) is 2.84. The number of anilines is 1. The first-order chi connectivity index (χ1) is 9.93. The van der Waals surface area contributed by atoms with E-state index >= 15 is 0 Å². The molecular formula is C12H8F3N3O2S. The maximum Gasteiger partial charge on any atom is 0.445 e. The molecule has 1 aliphatic rings. The zero-order chi connectivity index (χ0) is 15.0. The molecule has 0 saturated heterocycles. The highest BCUT2D eigenvalue weighted by Crippen LogP contribution is 2.33. The van der Waals surface area contributed by atoms with Crippen LogP contribution in [0.2, 0.25) is 0 Å².